The van der Waals surface area contributed by atoms with E-state index < -0.39 is 20.9 Å². The Labute approximate surface area is 124 Å². The highest BCUT2D eigenvalue weighted by Gasteiger charge is 2.32. The van der Waals surface area contributed by atoms with Gasteiger partial charge in [0.25, 0.3) is 0 Å². The van der Waals surface area contributed by atoms with Gasteiger partial charge in [0, 0.05) is 17.2 Å². The fourth-order valence-corrected chi connectivity index (χ4v) is 3.94. The molecule has 1 aromatic rings. The molecule has 0 N–H and O–H groups in total. The van der Waals surface area contributed by atoms with Crippen molar-refractivity contribution in [3.05, 3.63) is 34.9 Å². The van der Waals surface area contributed by atoms with Gasteiger partial charge in [-0.15, -0.1) is 0 Å². The van der Waals surface area contributed by atoms with E-state index in [1.54, 1.807) is 18.2 Å². The first-order valence-corrected chi connectivity index (χ1v) is 8.62. The molecule has 0 bridgehead atoms. The number of hydrogen-bond donors (Lipinski definition) is 0. The zero-order chi connectivity index (χ0) is 14.8. The Morgan fingerprint density at radius 1 is 1.50 bits per heavy atom. The van der Waals surface area contributed by atoms with Crippen LogP contribution in [-0.2, 0) is 14.6 Å². The van der Waals surface area contributed by atoms with Crippen LogP contribution in [0.5, 0.6) is 0 Å². The van der Waals surface area contributed by atoms with E-state index in [9.17, 15) is 13.2 Å². The molecule has 110 valence electrons. The molecule has 0 aliphatic carbocycles. The van der Waals surface area contributed by atoms with Gasteiger partial charge < -0.3 is 4.74 Å². The summed E-state index contributed by atoms with van der Waals surface area (Å²) in [7, 11) is -3.52. The van der Waals surface area contributed by atoms with Gasteiger partial charge >= 0.3 is 0 Å². The lowest BCUT2D eigenvalue weighted by molar-refractivity contribution is 0.0990. The van der Waals surface area contributed by atoms with Crippen molar-refractivity contribution in [2.45, 2.75) is 31.1 Å². The van der Waals surface area contributed by atoms with E-state index in [4.69, 9.17) is 16.3 Å². The summed E-state index contributed by atoms with van der Waals surface area (Å²) >= 11 is 5.82. The molecule has 0 spiro atoms. The molecule has 6 heteroatoms. The monoisotopic (exact) mass is 316 g/mol. The molecule has 20 heavy (non-hydrogen) atoms. The van der Waals surface area contributed by atoms with Gasteiger partial charge in [0.15, 0.2) is 15.6 Å². The van der Waals surface area contributed by atoms with Gasteiger partial charge in [-0.1, -0.05) is 23.7 Å². The van der Waals surface area contributed by atoms with Crippen molar-refractivity contribution in [3.8, 4) is 0 Å². The summed E-state index contributed by atoms with van der Waals surface area (Å²) in [4.78, 5) is 12.2. The van der Waals surface area contributed by atoms with E-state index in [1.165, 1.54) is 13.0 Å². The predicted octanol–water partition coefficient (Wildman–Crippen LogP) is 2.51. The number of ether oxygens (including phenoxy) is 1. The molecule has 0 radical (unpaired) electrons. The summed E-state index contributed by atoms with van der Waals surface area (Å²) in [6.45, 7) is 2.02. The fourth-order valence-electron chi connectivity index (χ4n) is 2.22. The number of benzene rings is 1. The molecule has 1 aliphatic heterocycles. The third-order valence-electron chi connectivity index (χ3n) is 3.46. The fraction of sp³-hybridized carbons (Fsp3) is 0.500. The van der Waals surface area contributed by atoms with Crippen LogP contribution in [0, 0.1) is 0 Å². The van der Waals surface area contributed by atoms with E-state index in [0.717, 1.165) is 12.8 Å². The summed E-state index contributed by atoms with van der Waals surface area (Å²) in [5, 5.41) is -0.662. The number of sulfone groups is 1. The van der Waals surface area contributed by atoms with Gasteiger partial charge in [-0.05, 0) is 31.9 Å². The maximum atomic E-state index is 12.3. The van der Waals surface area contributed by atoms with Gasteiger partial charge in [0.2, 0.25) is 0 Å². The minimum Gasteiger partial charge on any atom is -0.377 e. The van der Waals surface area contributed by atoms with Crippen LogP contribution < -0.4 is 0 Å². The first-order chi connectivity index (χ1) is 9.40. The first-order valence-electron chi connectivity index (χ1n) is 6.53. The Kier molecular flexibility index (Phi) is 4.83. The van der Waals surface area contributed by atoms with E-state index >= 15 is 0 Å². The van der Waals surface area contributed by atoms with Crippen molar-refractivity contribution in [2.75, 3.05) is 12.4 Å². The SMILES string of the molecule is CC(C(=O)c1cccc(Cl)c1)S(=O)(=O)CC1CCCO1. The normalized spacial score (nSPS) is 20.8. The molecular weight excluding hydrogens is 300 g/mol. The standard InChI is InChI=1S/C14H17ClO4S/c1-10(14(16)11-4-2-5-12(15)8-11)20(17,18)9-13-6-3-7-19-13/h2,4-5,8,10,13H,3,6-7,9H2,1H3. The predicted molar refractivity (Wildman–Crippen MR) is 78.0 cm³/mol. The highest BCUT2D eigenvalue weighted by atomic mass is 35.5. The highest BCUT2D eigenvalue weighted by molar-refractivity contribution is 7.92. The second-order valence-corrected chi connectivity index (χ2v) is 7.78. The second kappa shape index (κ2) is 6.24. The van der Waals surface area contributed by atoms with E-state index in [2.05, 4.69) is 0 Å². The zero-order valence-electron chi connectivity index (χ0n) is 11.2. The maximum absolute atomic E-state index is 12.3. The minimum atomic E-state index is -3.52. The lowest BCUT2D eigenvalue weighted by atomic mass is 10.1. The van der Waals surface area contributed by atoms with E-state index in [0.29, 0.717) is 17.2 Å². The lowest BCUT2D eigenvalue weighted by Gasteiger charge is -2.15. The van der Waals surface area contributed by atoms with E-state index in [1.807, 2.05) is 0 Å². The van der Waals surface area contributed by atoms with Crippen LogP contribution in [0.1, 0.15) is 30.1 Å². The molecule has 1 heterocycles. The molecule has 1 saturated heterocycles. The molecule has 0 aromatic heterocycles. The number of rotatable bonds is 5. The summed E-state index contributed by atoms with van der Waals surface area (Å²) < 4.78 is 29.8. The van der Waals surface area contributed by atoms with Crippen molar-refractivity contribution in [1.29, 1.82) is 0 Å². The number of Topliss-reactive ketones (excluding diaryl/α,β-unsaturated/α-hetero) is 1. The topological polar surface area (TPSA) is 60.4 Å². The molecule has 1 fully saturated rings. The zero-order valence-corrected chi connectivity index (χ0v) is 12.8. The van der Waals surface area contributed by atoms with Crippen LogP contribution in [0.4, 0.5) is 0 Å². The van der Waals surface area contributed by atoms with E-state index in [-0.39, 0.29) is 11.9 Å². The Morgan fingerprint density at radius 2 is 2.25 bits per heavy atom. The van der Waals surface area contributed by atoms with Crippen molar-refractivity contribution in [2.24, 2.45) is 0 Å². The quantitative estimate of drug-likeness (QED) is 0.783. The maximum Gasteiger partial charge on any atom is 0.180 e. The van der Waals surface area contributed by atoms with Crippen molar-refractivity contribution >= 4 is 27.2 Å². The van der Waals surface area contributed by atoms with Crippen LogP contribution in [0.25, 0.3) is 0 Å². The van der Waals surface area contributed by atoms with Crippen LogP contribution in [0.3, 0.4) is 0 Å². The summed E-state index contributed by atoms with van der Waals surface area (Å²) in [6, 6.07) is 6.34. The molecule has 2 atom stereocenters. The molecule has 4 nitrogen and oxygen atoms in total. The van der Waals surface area contributed by atoms with Gasteiger partial charge in [-0.2, -0.15) is 0 Å². The van der Waals surface area contributed by atoms with Crippen molar-refractivity contribution in [1.82, 2.24) is 0 Å². The van der Waals surface area contributed by atoms with Crippen molar-refractivity contribution in [3.63, 3.8) is 0 Å². The molecule has 2 unspecified atom stereocenters. The van der Waals surface area contributed by atoms with Crippen LogP contribution >= 0.6 is 11.6 Å². The average molecular weight is 317 g/mol. The number of carbonyl (C=O) groups excluding carboxylic acids is 1. The molecule has 0 saturated carbocycles. The van der Waals surface area contributed by atoms with Gasteiger partial charge in [-0.25, -0.2) is 8.42 Å². The number of hydrogen-bond acceptors (Lipinski definition) is 4. The molecule has 1 aromatic carbocycles. The Hall–Kier alpha value is -0.910. The first kappa shape index (κ1) is 15.5. The third-order valence-corrected chi connectivity index (χ3v) is 5.82. The molecule has 1 aliphatic rings. The largest absolute Gasteiger partial charge is 0.377 e. The summed E-state index contributed by atoms with van der Waals surface area (Å²) in [5.74, 6) is -0.522. The van der Waals surface area contributed by atoms with Gasteiger partial charge in [-0.3, -0.25) is 4.79 Å². The van der Waals surface area contributed by atoms with Crippen LogP contribution in [-0.4, -0.2) is 37.9 Å². The number of halogens is 1. The van der Waals surface area contributed by atoms with Gasteiger partial charge in [0.1, 0.15) is 5.25 Å². The minimum absolute atomic E-state index is 0.0968. The van der Waals surface area contributed by atoms with Gasteiger partial charge in [0.05, 0.1) is 11.9 Å². The number of ketones is 1. The Morgan fingerprint density at radius 3 is 2.85 bits per heavy atom. The number of carbonyl (C=O) groups is 1. The summed E-state index contributed by atoms with van der Waals surface area (Å²) in [6.07, 6.45) is 1.32. The molecule has 2 rings (SSSR count). The molecule has 0 amide bonds. The second-order valence-electron chi connectivity index (χ2n) is 4.98. The third kappa shape index (κ3) is 3.59. The molecular formula is C14H17ClO4S. The lowest BCUT2D eigenvalue weighted by Crippen LogP contribution is -2.33. The van der Waals surface area contributed by atoms with Crippen LogP contribution in [0.2, 0.25) is 5.02 Å². The Balaban J connectivity index is 2.12. The highest BCUT2D eigenvalue weighted by Crippen LogP contribution is 2.19. The Bertz CT molecular complexity index is 591. The van der Waals surface area contributed by atoms with Crippen LogP contribution in [0.15, 0.2) is 24.3 Å². The van der Waals surface area contributed by atoms with Crippen molar-refractivity contribution < 1.29 is 17.9 Å². The summed E-state index contributed by atoms with van der Waals surface area (Å²) in [5.41, 5.74) is 0.320. The average Bonchev–Trinajstić information content (AvgIpc) is 2.89. The smallest absolute Gasteiger partial charge is 0.180 e.